The second-order valence-electron chi connectivity index (χ2n) is 6.49. The summed E-state index contributed by atoms with van der Waals surface area (Å²) in [5.74, 6) is -1.31. The topological polar surface area (TPSA) is 68.7 Å². The number of thiazole rings is 1. The van der Waals surface area contributed by atoms with Crippen LogP contribution in [0.2, 0.25) is 0 Å². The van der Waals surface area contributed by atoms with Crippen LogP contribution in [0.1, 0.15) is 27.8 Å². The molecule has 0 saturated carbocycles. The summed E-state index contributed by atoms with van der Waals surface area (Å²) in [5, 5.41) is 10.1. The fourth-order valence-electron chi connectivity index (χ4n) is 3.07. The number of carbonyl (C=O) groups is 1. The number of methoxy groups -OCH3 is 1. The van der Waals surface area contributed by atoms with Crippen molar-refractivity contribution in [1.29, 1.82) is 0 Å². The van der Waals surface area contributed by atoms with E-state index in [1.165, 1.54) is 42.7 Å². The van der Waals surface area contributed by atoms with Gasteiger partial charge in [-0.1, -0.05) is 18.2 Å². The number of alkyl halides is 3. The van der Waals surface area contributed by atoms with Crippen LogP contribution in [-0.2, 0) is 4.79 Å². The third kappa shape index (κ3) is 5.29. The van der Waals surface area contributed by atoms with Crippen LogP contribution < -0.4 is 9.47 Å². The molecule has 3 rings (SSSR count). The molecule has 9 heteroatoms. The fraction of sp³-hybridized carbons (Fsp3) is 0.238. The highest BCUT2D eigenvalue weighted by molar-refractivity contribution is 7.11. The van der Waals surface area contributed by atoms with Crippen LogP contribution in [-0.4, -0.2) is 29.5 Å². The molecule has 0 radical (unpaired) electrons. The molecule has 0 saturated heterocycles. The lowest BCUT2D eigenvalue weighted by atomic mass is 9.92. The Kier molecular flexibility index (Phi) is 6.31. The van der Waals surface area contributed by atoms with Crippen molar-refractivity contribution in [3.8, 4) is 22.6 Å². The van der Waals surface area contributed by atoms with Gasteiger partial charge in [0, 0.05) is 16.6 Å². The minimum absolute atomic E-state index is 0.175. The number of aliphatic carboxylic acids is 1. The SMILES string of the molecule is COc1ccc(-c2ccc(OC(F)(F)F)cc2)cc1C(CC(=O)O)c1ncc(C)s1. The maximum Gasteiger partial charge on any atom is 0.573 e. The van der Waals surface area contributed by atoms with Crippen molar-refractivity contribution >= 4 is 17.3 Å². The van der Waals surface area contributed by atoms with Gasteiger partial charge >= 0.3 is 12.3 Å². The average molecular weight is 437 g/mol. The molecule has 30 heavy (non-hydrogen) atoms. The van der Waals surface area contributed by atoms with Crippen molar-refractivity contribution < 1.29 is 32.5 Å². The molecule has 1 aromatic heterocycles. The Morgan fingerprint density at radius 3 is 2.37 bits per heavy atom. The molecule has 1 atom stereocenters. The van der Waals surface area contributed by atoms with Crippen molar-refractivity contribution in [2.75, 3.05) is 7.11 Å². The van der Waals surface area contributed by atoms with Crippen LogP contribution in [0.15, 0.2) is 48.7 Å². The highest BCUT2D eigenvalue weighted by Crippen LogP contribution is 2.39. The summed E-state index contributed by atoms with van der Waals surface area (Å²) in [6.07, 6.45) is -3.25. The summed E-state index contributed by atoms with van der Waals surface area (Å²) in [4.78, 5) is 16.8. The van der Waals surface area contributed by atoms with Gasteiger partial charge in [0.15, 0.2) is 0 Å². The number of rotatable bonds is 7. The standard InChI is InChI=1S/C21H18F3NO4S/c1-12-11-25-20(30-12)17(10-19(26)27)16-9-14(5-8-18(16)28-2)13-3-6-15(7-4-13)29-21(22,23)24/h3-9,11,17H,10H2,1-2H3,(H,26,27). The van der Waals surface area contributed by atoms with Crippen LogP contribution in [0.3, 0.4) is 0 Å². The van der Waals surface area contributed by atoms with E-state index in [-0.39, 0.29) is 12.2 Å². The minimum Gasteiger partial charge on any atom is -0.496 e. The molecule has 158 valence electrons. The highest BCUT2D eigenvalue weighted by atomic mass is 32.1. The molecule has 0 aliphatic heterocycles. The number of halogens is 3. The van der Waals surface area contributed by atoms with Gasteiger partial charge in [-0.3, -0.25) is 4.79 Å². The first kappa shape index (κ1) is 21.6. The minimum atomic E-state index is -4.76. The maximum atomic E-state index is 12.4. The van der Waals surface area contributed by atoms with Crippen LogP contribution >= 0.6 is 11.3 Å². The molecule has 0 aliphatic rings. The van der Waals surface area contributed by atoms with Crippen molar-refractivity contribution in [3.05, 3.63) is 64.1 Å². The third-order valence-corrected chi connectivity index (χ3v) is 5.37. The van der Waals surface area contributed by atoms with E-state index in [2.05, 4.69) is 9.72 Å². The number of hydrogen-bond acceptors (Lipinski definition) is 5. The number of benzene rings is 2. The molecular formula is C21H18F3NO4S. The number of carboxylic acid groups (broad SMARTS) is 1. The zero-order chi connectivity index (χ0) is 21.9. The van der Waals surface area contributed by atoms with Crippen LogP contribution in [0.4, 0.5) is 13.2 Å². The zero-order valence-corrected chi connectivity index (χ0v) is 16.9. The number of aromatic nitrogens is 1. The molecule has 1 heterocycles. The molecule has 0 aliphatic carbocycles. The number of hydrogen-bond donors (Lipinski definition) is 1. The van der Waals surface area contributed by atoms with Crippen molar-refractivity contribution in [1.82, 2.24) is 4.98 Å². The predicted molar refractivity (Wildman–Crippen MR) is 106 cm³/mol. The highest BCUT2D eigenvalue weighted by Gasteiger charge is 2.31. The number of ether oxygens (including phenoxy) is 2. The first-order valence-corrected chi connectivity index (χ1v) is 9.66. The predicted octanol–water partition coefficient (Wildman–Crippen LogP) is 5.63. The van der Waals surface area contributed by atoms with Gasteiger partial charge in [-0.15, -0.1) is 24.5 Å². The molecule has 0 spiro atoms. The summed E-state index contributed by atoms with van der Waals surface area (Å²) in [7, 11) is 1.49. The van der Waals surface area contributed by atoms with E-state index in [4.69, 9.17) is 4.74 Å². The van der Waals surface area contributed by atoms with E-state index in [0.717, 1.165) is 4.88 Å². The number of carboxylic acids is 1. The lowest BCUT2D eigenvalue weighted by molar-refractivity contribution is -0.274. The molecular weight excluding hydrogens is 419 g/mol. The molecule has 2 aromatic carbocycles. The lowest BCUT2D eigenvalue weighted by Gasteiger charge is -2.18. The second-order valence-corrected chi connectivity index (χ2v) is 7.75. The Hall–Kier alpha value is -3.07. The van der Waals surface area contributed by atoms with Gasteiger partial charge in [0.2, 0.25) is 0 Å². The normalized spacial score (nSPS) is 12.4. The van der Waals surface area contributed by atoms with E-state index < -0.39 is 18.2 Å². The van der Waals surface area contributed by atoms with Crippen molar-refractivity contribution in [2.24, 2.45) is 0 Å². The molecule has 5 nitrogen and oxygen atoms in total. The van der Waals surface area contributed by atoms with Gasteiger partial charge in [0.05, 0.1) is 19.4 Å². The van der Waals surface area contributed by atoms with Gasteiger partial charge in [-0.2, -0.15) is 0 Å². The van der Waals surface area contributed by atoms with E-state index in [1.54, 1.807) is 24.4 Å². The number of aryl methyl sites for hydroxylation is 1. The summed E-state index contributed by atoms with van der Waals surface area (Å²) >= 11 is 1.41. The Morgan fingerprint density at radius 2 is 1.83 bits per heavy atom. The summed E-state index contributed by atoms with van der Waals surface area (Å²) in [5.41, 5.74) is 1.99. The maximum absolute atomic E-state index is 12.4. The van der Waals surface area contributed by atoms with Crippen LogP contribution in [0, 0.1) is 6.92 Å². The van der Waals surface area contributed by atoms with Crippen LogP contribution in [0.25, 0.3) is 11.1 Å². The molecule has 0 bridgehead atoms. The molecule has 1 N–H and O–H groups in total. The summed E-state index contributed by atoms with van der Waals surface area (Å²) < 4.78 is 46.4. The van der Waals surface area contributed by atoms with E-state index in [0.29, 0.717) is 27.4 Å². The quantitative estimate of drug-likeness (QED) is 0.519. The van der Waals surface area contributed by atoms with Gasteiger partial charge < -0.3 is 14.6 Å². The first-order chi connectivity index (χ1) is 14.2. The third-order valence-electron chi connectivity index (χ3n) is 4.34. The Morgan fingerprint density at radius 1 is 1.17 bits per heavy atom. The van der Waals surface area contributed by atoms with Crippen molar-refractivity contribution in [2.45, 2.75) is 25.6 Å². The molecule has 1 unspecified atom stereocenters. The van der Waals surface area contributed by atoms with E-state index >= 15 is 0 Å². The van der Waals surface area contributed by atoms with Gasteiger partial charge in [0.25, 0.3) is 0 Å². The summed E-state index contributed by atoms with van der Waals surface area (Å²) in [6.45, 7) is 1.89. The Bertz CT molecular complexity index is 1030. The van der Waals surface area contributed by atoms with Gasteiger partial charge in [-0.25, -0.2) is 4.98 Å². The first-order valence-electron chi connectivity index (χ1n) is 8.84. The largest absolute Gasteiger partial charge is 0.573 e. The Balaban J connectivity index is 2.01. The average Bonchev–Trinajstić information content (AvgIpc) is 3.11. The Labute approximate surface area is 174 Å². The molecule has 3 aromatic rings. The second kappa shape index (κ2) is 8.74. The zero-order valence-electron chi connectivity index (χ0n) is 16.1. The number of nitrogens with zero attached hydrogens (tertiary/aromatic N) is 1. The van der Waals surface area contributed by atoms with Crippen molar-refractivity contribution in [3.63, 3.8) is 0 Å². The molecule has 0 fully saturated rings. The fourth-order valence-corrected chi connectivity index (χ4v) is 3.97. The van der Waals surface area contributed by atoms with Gasteiger partial charge in [0.1, 0.15) is 16.5 Å². The van der Waals surface area contributed by atoms with Crippen LogP contribution in [0.5, 0.6) is 11.5 Å². The molecule has 0 amide bonds. The van der Waals surface area contributed by atoms with Gasteiger partial charge in [-0.05, 0) is 42.3 Å². The van der Waals surface area contributed by atoms with E-state index in [9.17, 15) is 23.1 Å². The lowest BCUT2D eigenvalue weighted by Crippen LogP contribution is -2.16. The van der Waals surface area contributed by atoms with E-state index in [1.807, 2.05) is 6.92 Å². The monoisotopic (exact) mass is 437 g/mol. The smallest absolute Gasteiger partial charge is 0.496 e. The summed E-state index contributed by atoms with van der Waals surface area (Å²) in [6, 6.07) is 10.7.